The standard InChI is InChI=1S/C21H26BrN3O2/c1-14-12-25(13-15(2)27-14)20-11-7-6-10-19(20)24-21(26)23-16(3)17-8-4-5-9-18(17)22/h4-11,14-16H,12-13H2,1-3H3,(H2,23,24,26). The summed E-state index contributed by atoms with van der Waals surface area (Å²) in [5.41, 5.74) is 2.86. The van der Waals surface area contributed by atoms with Gasteiger partial charge in [-0.15, -0.1) is 0 Å². The zero-order valence-electron chi connectivity index (χ0n) is 15.9. The van der Waals surface area contributed by atoms with Crippen molar-refractivity contribution < 1.29 is 9.53 Å². The van der Waals surface area contributed by atoms with E-state index in [-0.39, 0.29) is 24.3 Å². The number of para-hydroxylation sites is 2. The zero-order valence-corrected chi connectivity index (χ0v) is 17.5. The fraction of sp³-hybridized carbons (Fsp3) is 0.381. The fourth-order valence-electron chi connectivity index (χ4n) is 3.49. The molecular formula is C21H26BrN3O2. The summed E-state index contributed by atoms with van der Waals surface area (Å²) in [5.74, 6) is 0. The van der Waals surface area contributed by atoms with Crippen LogP contribution in [0.15, 0.2) is 53.0 Å². The molecule has 0 aromatic heterocycles. The van der Waals surface area contributed by atoms with Gasteiger partial charge in [-0.1, -0.05) is 46.3 Å². The minimum Gasteiger partial charge on any atom is -0.372 e. The van der Waals surface area contributed by atoms with Gasteiger partial charge >= 0.3 is 6.03 Å². The summed E-state index contributed by atoms with van der Waals surface area (Å²) in [6.45, 7) is 7.72. The van der Waals surface area contributed by atoms with Gasteiger partial charge in [-0.25, -0.2) is 4.79 Å². The second-order valence-corrected chi connectivity index (χ2v) is 7.88. The molecule has 0 radical (unpaired) electrons. The first-order chi connectivity index (χ1) is 12.9. The number of ether oxygens (including phenoxy) is 1. The second kappa shape index (κ2) is 8.76. The quantitative estimate of drug-likeness (QED) is 0.719. The normalized spacial score (nSPS) is 20.8. The predicted molar refractivity (Wildman–Crippen MR) is 113 cm³/mol. The summed E-state index contributed by atoms with van der Waals surface area (Å²) in [5, 5.41) is 6.02. The van der Waals surface area contributed by atoms with Gasteiger partial charge < -0.3 is 20.3 Å². The highest BCUT2D eigenvalue weighted by molar-refractivity contribution is 9.10. The van der Waals surface area contributed by atoms with Gasteiger partial charge in [0.15, 0.2) is 0 Å². The van der Waals surface area contributed by atoms with Crippen LogP contribution in [0, 0.1) is 0 Å². The number of benzene rings is 2. The Kier molecular flexibility index (Phi) is 6.39. The number of urea groups is 1. The van der Waals surface area contributed by atoms with Crippen molar-refractivity contribution >= 4 is 33.3 Å². The number of rotatable bonds is 4. The average Bonchev–Trinajstić information content (AvgIpc) is 2.61. The molecule has 5 nitrogen and oxygen atoms in total. The number of halogens is 1. The molecule has 0 aliphatic carbocycles. The maximum absolute atomic E-state index is 12.6. The maximum Gasteiger partial charge on any atom is 0.319 e. The highest BCUT2D eigenvalue weighted by atomic mass is 79.9. The topological polar surface area (TPSA) is 53.6 Å². The lowest BCUT2D eigenvalue weighted by Gasteiger charge is -2.37. The van der Waals surface area contributed by atoms with Crippen molar-refractivity contribution in [3.63, 3.8) is 0 Å². The molecule has 3 rings (SSSR count). The van der Waals surface area contributed by atoms with E-state index in [1.165, 1.54) is 0 Å². The van der Waals surface area contributed by atoms with Crippen molar-refractivity contribution in [3.8, 4) is 0 Å². The Morgan fingerprint density at radius 2 is 1.74 bits per heavy atom. The van der Waals surface area contributed by atoms with Crippen LogP contribution in [0.3, 0.4) is 0 Å². The van der Waals surface area contributed by atoms with Gasteiger partial charge in [0.1, 0.15) is 0 Å². The van der Waals surface area contributed by atoms with Gasteiger partial charge in [-0.3, -0.25) is 0 Å². The Hall–Kier alpha value is -2.05. The lowest BCUT2D eigenvalue weighted by atomic mass is 10.1. The number of morpholine rings is 1. The number of hydrogen-bond acceptors (Lipinski definition) is 3. The smallest absolute Gasteiger partial charge is 0.319 e. The highest BCUT2D eigenvalue weighted by Gasteiger charge is 2.24. The Morgan fingerprint density at radius 3 is 2.44 bits per heavy atom. The third-order valence-electron chi connectivity index (χ3n) is 4.63. The lowest BCUT2D eigenvalue weighted by molar-refractivity contribution is -0.00517. The molecule has 2 aromatic carbocycles. The third-order valence-corrected chi connectivity index (χ3v) is 5.35. The summed E-state index contributed by atoms with van der Waals surface area (Å²) in [4.78, 5) is 14.9. The van der Waals surface area contributed by atoms with Crippen LogP contribution >= 0.6 is 15.9 Å². The largest absolute Gasteiger partial charge is 0.372 e. The summed E-state index contributed by atoms with van der Waals surface area (Å²) in [7, 11) is 0. The molecular weight excluding hydrogens is 406 g/mol. The van der Waals surface area contributed by atoms with Crippen molar-refractivity contribution in [2.45, 2.75) is 39.0 Å². The number of anilines is 2. The van der Waals surface area contributed by atoms with E-state index in [1.54, 1.807) is 0 Å². The van der Waals surface area contributed by atoms with Crippen molar-refractivity contribution in [1.29, 1.82) is 0 Å². The minimum absolute atomic E-state index is 0.115. The van der Waals surface area contributed by atoms with E-state index in [2.05, 4.69) is 45.3 Å². The number of nitrogens with zero attached hydrogens (tertiary/aromatic N) is 1. The molecule has 1 heterocycles. The van der Waals surface area contributed by atoms with Crippen molar-refractivity contribution in [1.82, 2.24) is 5.32 Å². The predicted octanol–water partition coefficient (Wildman–Crippen LogP) is 4.95. The summed E-state index contributed by atoms with van der Waals surface area (Å²) < 4.78 is 6.81. The summed E-state index contributed by atoms with van der Waals surface area (Å²) >= 11 is 3.54. The fourth-order valence-corrected chi connectivity index (χ4v) is 4.12. The SMILES string of the molecule is CC1CN(c2ccccc2NC(=O)NC(C)c2ccccc2Br)CC(C)O1. The number of carbonyl (C=O) groups is 1. The van der Waals surface area contributed by atoms with Gasteiger partial charge in [0.05, 0.1) is 29.6 Å². The molecule has 2 aromatic rings. The average molecular weight is 432 g/mol. The van der Waals surface area contributed by atoms with Gasteiger partial charge in [-0.05, 0) is 44.5 Å². The zero-order chi connectivity index (χ0) is 19.4. The van der Waals surface area contributed by atoms with Crippen LogP contribution in [-0.4, -0.2) is 31.3 Å². The van der Waals surface area contributed by atoms with Crippen molar-refractivity contribution in [2.24, 2.45) is 0 Å². The van der Waals surface area contributed by atoms with Gasteiger partial charge in [-0.2, -0.15) is 0 Å². The monoisotopic (exact) mass is 431 g/mol. The number of hydrogen-bond donors (Lipinski definition) is 2. The molecule has 2 amide bonds. The molecule has 0 bridgehead atoms. The molecule has 1 aliphatic rings. The maximum atomic E-state index is 12.6. The Balaban J connectivity index is 1.70. The van der Waals surface area contributed by atoms with E-state index in [0.717, 1.165) is 34.5 Å². The Labute approximate surface area is 169 Å². The molecule has 1 saturated heterocycles. The number of amides is 2. The molecule has 0 saturated carbocycles. The molecule has 27 heavy (non-hydrogen) atoms. The minimum atomic E-state index is -0.222. The molecule has 3 unspecified atom stereocenters. The molecule has 1 fully saturated rings. The van der Waals surface area contributed by atoms with Crippen molar-refractivity contribution in [2.75, 3.05) is 23.3 Å². The van der Waals surface area contributed by atoms with Crippen LogP contribution in [0.4, 0.5) is 16.2 Å². The first-order valence-electron chi connectivity index (χ1n) is 9.25. The van der Waals surface area contributed by atoms with Crippen LogP contribution < -0.4 is 15.5 Å². The van der Waals surface area contributed by atoms with Gasteiger partial charge in [0, 0.05) is 17.6 Å². The van der Waals surface area contributed by atoms with Crippen molar-refractivity contribution in [3.05, 3.63) is 58.6 Å². The second-order valence-electron chi connectivity index (χ2n) is 7.02. The molecule has 2 N–H and O–H groups in total. The van der Waals surface area contributed by atoms with Crippen LogP contribution in [-0.2, 0) is 4.74 Å². The molecule has 0 spiro atoms. The van der Waals surface area contributed by atoms with Crippen LogP contribution in [0.5, 0.6) is 0 Å². The lowest BCUT2D eigenvalue weighted by Crippen LogP contribution is -2.45. The molecule has 144 valence electrons. The number of carbonyl (C=O) groups excluding carboxylic acids is 1. The van der Waals surface area contributed by atoms with Crippen LogP contribution in [0.25, 0.3) is 0 Å². The first-order valence-corrected chi connectivity index (χ1v) is 10.0. The van der Waals surface area contributed by atoms with E-state index in [0.29, 0.717) is 0 Å². The Bertz CT molecular complexity index is 789. The first kappa shape index (κ1) is 19.7. The highest BCUT2D eigenvalue weighted by Crippen LogP contribution is 2.29. The van der Waals surface area contributed by atoms with Crippen LogP contribution in [0.2, 0.25) is 0 Å². The van der Waals surface area contributed by atoms with E-state index in [1.807, 2.05) is 55.5 Å². The van der Waals surface area contributed by atoms with E-state index >= 15 is 0 Å². The van der Waals surface area contributed by atoms with Gasteiger partial charge in [0.25, 0.3) is 0 Å². The number of nitrogens with one attached hydrogen (secondary N) is 2. The third kappa shape index (κ3) is 5.02. The Morgan fingerprint density at radius 1 is 1.11 bits per heavy atom. The van der Waals surface area contributed by atoms with Gasteiger partial charge in [0.2, 0.25) is 0 Å². The van der Waals surface area contributed by atoms with E-state index in [4.69, 9.17) is 4.74 Å². The summed E-state index contributed by atoms with van der Waals surface area (Å²) in [6.07, 6.45) is 0.317. The molecule has 3 atom stereocenters. The van der Waals surface area contributed by atoms with Crippen LogP contribution in [0.1, 0.15) is 32.4 Å². The summed E-state index contributed by atoms with van der Waals surface area (Å²) in [6, 6.07) is 15.5. The molecule has 1 aliphatic heterocycles. The van der Waals surface area contributed by atoms with E-state index in [9.17, 15) is 4.79 Å². The molecule has 6 heteroatoms. The van der Waals surface area contributed by atoms with E-state index < -0.39 is 0 Å².